The van der Waals surface area contributed by atoms with Gasteiger partial charge in [-0.15, -0.1) is 0 Å². The Balaban J connectivity index is 1.42. The minimum atomic E-state index is -0.108. The van der Waals surface area contributed by atoms with Crippen LogP contribution in [0.2, 0.25) is 0 Å². The molecule has 5 aromatic rings. The number of nitrogens with zero attached hydrogens (tertiary/aromatic N) is 3. The number of hydrogen-bond donors (Lipinski definition) is 1. The standard InChI is InChI=1S/C34H32N4OS/c1-22-10-9-12-27(20-22)37-24(3)21-29(25(37)4)33-32(30-13-7-8-19-35-30)36-34(40)38(33)26-15-17-28(18-16-26)39-31-14-6-5-11-23(31)2/h5-21,32-33H,1-4H3,(H,36,40). The second-order valence-electron chi connectivity index (χ2n) is 10.4. The van der Waals surface area contributed by atoms with E-state index in [0.717, 1.165) is 34.1 Å². The molecule has 3 aromatic carbocycles. The Morgan fingerprint density at radius 1 is 0.800 bits per heavy atom. The fourth-order valence-electron chi connectivity index (χ4n) is 5.67. The predicted molar refractivity (Wildman–Crippen MR) is 166 cm³/mol. The highest BCUT2D eigenvalue weighted by Gasteiger charge is 2.42. The highest BCUT2D eigenvalue weighted by molar-refractivity contribution is 7.80. The van der Waals surface area contributed by atoms with Gasteiger partial charge in [-0.05, 0) is 117 Å². The van der Waals surface area contributed by atoms with E-state index in [1.807, 2.05) is 61.7 Å². The summed E-state index contributed by atoms with van der Waals surface area (Å²) in [7, 11) is 0. The summed E-state index contributed by atoms with van der Waals surface area (Å²) in [5.41, 5.74) is 9.02. The first-order valence-electron chi connectivity index (χ1n) is 13.5. The lowest BCUT2D eigenvalue weighted by Crippen LogP contribution is -2.29. The zero-order valence-electron chi connectivity index (χ0n) is 23.1. The van der Waals surface area contributed by atoms with Gasteiger partial charge in [0, 0.05) is 29.0 Å². The van der Waals surface area contributed by atoms with Gasteiger partial charge >= 0.3 is 0 Å². The van der Waals surface area contributed by atoms with Crippen molar-refractivity contribution >= 4 is 23.0 Å². The molecule has 3 heterocycles. The van der Waals surface area contributed by atoms with E-state index >= 15 is 0 Å². The van der Waals surface area contributed by atoms with Crippen LogP contribution in [0.4, 0.5) is 5.69 Å². The normalized spacial score (nSPS) is 16.7. The molecule has 1 saturated heterocycles. The Morgan fingerprint density at radius 2 is 1.57 bits per heavy atom. The summed E-state index contributed by atoms with van der Waals surface area (Å²) in [6.45, 7) is 8.53. The molecule has 5 nitrogen and oxygen atoms in total. The molecule has 0 saturated carbocycles. The number of aryl methyl sites for hydroxylation is 3. The van der Waals surface area contributed by atoms with Crippen molar-refractivity contribution in [3.8, 4) is 17.2 Å². The number of aromatic nitrogens is 2. The van der Waals surface area contributed by atoms with E-state index in [2.05, 4.69) is 84.1 Å². The Morgan fingerprint density at radius 3 is 2.30 bits per heavy atom. The van der Waals surface area contributed by atoms with Crippen LogP contribution in [0.1, 0.15) is 45.9 Å². The van der Waals surface area contributed by atoms with Crippen LogP contribution in [-0.2, 0) is 0 Å². The summed E-state index contributed by atoms with van der Waals surface area (Å²) in [6, 6.07) is 33.0. The molecule has 200 valence electrons. The summed E-state index contributed by atoms with van der Waals surface area (Å²) in [5.74, 6) is 1.64. The fourth-order valence-corrected chi connectivity index (χ4v) is 6.02. The summed E-state index contributed by atoms with van der Waals surface area (Å²) in [6.07, 6.45) is 1.84. The van der Waals surface area contributed by atoms with Crippen LogP contribution in [0.3, 0.4) is 0 Å². The maximum absolute atomic E-state index is 6.17. The average Bonchev–Trinajstić information content (AvgIpc) is 3.45. The van der Waals surface area contributed by atoms with E-state index in [1.165, 1.54) is 22.5 Å². The van der Waals surface area contributed by atoms with E-state index in [9.17, 15) is 0 Å². The first-order valence-corrected chi connectivity index (χ1v) is 13.9. The zero-order valence-corrected chi connectivity index (χ0v) is 23.9. The molecule has 40 heavy (non-hydrogen) atoms. The smallest absolute Gasteiger partial charge is 0.174 e. The lowest BCUT2D eigenvalue weighted by atomic mass is 9.96. The lowest BCUT2D eigenvalue weighted by molar-refractivity contribution is 0.479. The van der Waals surface area contributed by atoms with Gasteiger partial charge in [-0.3, -0.25) is 4.98 Å². The number of hydrogen-bond acceptors (Lipinski definition) is 3. The third kappa shape index (κ3) is 4.75. The molecule has 6 rings (SSSR count). The van der Waals surface area contributed by atoms with Crippen LogP contribution in [0.5, 0.6) is 11.5 Å². The summed E-state index contributed by atoms with van der Waals surface area (Å²) in [5, 5.41) is 4.26. The van der Waals surface area contributed by atoms with Crippen LogP contribution < -0.4 is 15.0 Å². The van der Waals surface area contributed by atoms with Gasteiger partial charge in [0.05, 0.1) is 17.8 Å². The van der Waals surface area contributed by atoms with Gasteiger partial charge in [0.1, 0.15) is 11.5 Å². The molecule has 2 unspecified atom stereocenters. The molecule has 0 aliphatic carbocycles. The molecule has 6 heteroatoms. The van der Waals surface area contributed by atoms with Gasteiger partial charge in [0.15, 0.2) is 5.11 Å². The molecule has 1 fully saturated rings. The van der Waals surface area contributed by atoms with E-state index in [4.69, 9.17) is 21.9 Å². The Kier molecular flexibility index (Phi) is 6.86. The van der Waals surface area contributed by atoms with Gasteiger partial charge in [-0.2, -0.15) is 0 Å². The summed E-state index contributed by atoms with van der Waals surface area (Å²) < 4.78 is 8.50. The van der Waals surface area contributed by atoms with Crippen LogP contribution in [0.15, 0.2) is 103 Å². The van der Waals surface area contributed by atoms with Crippen molar-refractivity contribution in [2.24, 2.45) is 0 Å². The Hall–Kier alpha value is -4.42. The molecule has 1 aliphatic heterocycles. The van der Waals surface area contributed by atoms with E-state index < -0.39 is 0 Å². The van der Waals surface area contributed by atoms with Gasteiger partial charge in [0.25, 0.3) is 0 Å². The van der Waals surface area contributed by atoms with Crippen molar-refractivity contribution in [3.63, 3.8) is 0 Å². The van der Waals surface area contributed by atoms with Crippen LogP contribution >= 0.6 is 12.2 Å². The number of para-hydroxylation sites is 1. The highest BCUT2D eigenvalue weighted by Crippen LogP contribution is 2.44. The largest absolute Gasteiger partial charge is 0.457 e. The molecule has 1 N–H and O–H groups in total. The molecular weight excluding hydrogens is 512 g/mol. The van der Waals surface area contributed by atoms with Crippen molar-refractivity contribution < 1.29 is 4.74 Å². The van der Waals surface area contributed by atoms with Crippen LogP contribution in [0, 0.1) is 27.7 Å². The third-order valence-corrected chi connectivity index (χ3v) is 7.90. The average molecular weight is 545 g/mol. The summed E-state index contributed by atoms with van der Waals surface area (Å²) in [4.78, 5) is 6.94. The second-order valence-corrected chi connectivity index (χ2v) is 10.7. The minimum Gasteiger partial charge on any atom is -0.457 e. The summed E-state index contributed by atoms with van der Waals surface area (Å²) >= 11 is 5.97. The molecule has 2 aromatic heterocycles. The molecule has 0 radical (unpaired) electrons. The number of benzene rings is 3. The number of rotatable bonds is 6. The predicted octanol–water partition coefficient (Wildman–Crippen LogP) is 8.08. The van der Waals surface area contributed by atoms with Crippen molar-refractivity contribution in [2.75, 3.05) is 4.90 Å². The van der Waals surface area contributed by atoms with Gasteiger partial charge in [-0.1, -0.05) is 36.4 Å². The zero-order chi connectivity index (χ0) is 27.8. The van der Waals surface area contributed by atoms with Crippen molar-refractivity contribution in [3.05, 3.63) is 137 Å². The Labute approximate surface area is 241 Å². The number of thiocarbonyl (C=S) groups is 1. The topological polar surface area (TPSA) is 42.3 Å². The molecule has 0 spiro atoms. The van der Waals surface area contributed by atoms with Gasteiger partial charge in [-0.25, -0.2) is 0 Å². The molecule has 2 atom stereocenters. The molecule has 0 bridgehead atoms. The molecule has 0 amide bonds. The van der Waals surface area contributed by atoms with Gasteiger partial charge < -0.3 is 19.5 Å². The number of anilines is 1. The number of ether oxygens (including phenoxy) is 1. The maximum atomic E-state index is 6.17. The maximum Gasteiger partial charge on any atom is 0.174 e. The van der Waals surface area contributed by atoms with Crippen LogP contribution in [0.25, 0.3) is 5.69 Å². The van der Waals surface area contributed by atoms with E-state index in [-0.39, 0.29) is 12.1 Å². The van der Waals surface area contributed by atoms with Crippen molar-refractivity contribution in [2.45, 2.75) is 39.8 Å². The van der Waals surface area contributed by atoms with Crippen molar-refractivity contribution in [1.29, 1.82) is 0 Å². The number of pyridine rings is 1. The monoisotopic (exact) mass is 544 g/mol. The lowest BCUT2D eigenvalue weighted by Gasteiger charge is -2.28. The SMILES string of the molecule is Cc1cccc(-n2c(C)cc(C3C(c4ccccn4)NC(=S)N3c3ccc(Oc4ccccc4C)cc3)c2C)c1. The molecular formula is C34H32N4OS. The third-order valence-electron chi connectivity index (χ3n) is 7.58. The quantitative estimate of drug-likeness (QED) is 0.219. The first kappa shape index (κ1) is 25.8. The number of nitrogens with one attached hydrogen (secondary N) is 1. The second kappa shape index (κ2) is 10.6. The van der Waals surface area contributed by atoms with Crippen molar-refractivity contribution in [1.82, 2.24) is 14.9 Å². The van der Waals surface area contributed by atoms with Crippen LogP contribution in [-0.4, -0.2) is 14.7 Å². The fraction of sp³-hybridized carbons (Fsp3) is 0.176. The van der Waals surface area contributed by atoms with E-state index in [0.29, 0.717) is 5.11 Å². The highest BCUT2D eigenvalue weighted by atomic mass is 32.1. The van der Waals surface area contributed by atoms with E-state index in [1.54, 1.807) is 0 Å². The first-order chi connectivity index (χ1) is 19.4. The molecule has 1 aliphatic rings. The minimum absolute atomic E-state index is 0.0877. The van der Waals surface area contributed by atoms with Gasteiger partial charge in [0.2, 0.25) is 0 Å². The Bertz CT molecular complexity index is 1680.